The quantitative estimate of drug-likeness (QED) is 0.691. The van der Waals surface area contributed by atoms with E-state index in [9.17, 15) is 5.11 Å². The first-order valence-electron chi connectivity index (χ1n) is 5.72. The van der Waals surface area contributed by atoms with Crippen LogP contribution < -0.4 is 10.6 Å². The summed E-state index contributed by atoms with van der Waals surface area (Å²) in [6, 6.07) is 3.85. The fourth-order valence-electron chi connectivity index (χ4n) is 1.64. The second-order valence-corrected chi connectivity index (χ2v) is 3.95. The number of anilines is 2. The van der Waals surface area contributed by atoms with Crippen LogP contribution in [0.1, 0.15) is 26.7 Å². The number of pyridine rings is 1. The van der Waals surface area contributed by atoms with E-state index in [1.165, 1.54) is 0 Å². The summed E-state index contributed by atoms with van der Waals surface area (Å²) in [6.07, 6.45) is 3.52. The van der Waals surface area contributed by atoms with Crippen molar-refractivity contribution in [2.45, 2.75) is 32.2 Å². The highest BCUT2D eigenvalue weighted by atomic mass is 16.3. The van der Waals surface area contributed by atoms with E-state index in [1.54, 1.807) is 6.20 Å². The second kappa shape index (κ2) is 5.70. The van der Waals surface area contributed by atoms with Crippen molar-refractivity contribution in [1.29, 1.82) is 0 Å². The van der Waals surface area contributed by atoms with E-state index in [0.717, 1.165) is 24.3 Å². The molecule has 4 nitrogen and oxygen atoms in total. The van der Waals surface area contributed by atoms with Crippen molar-refractivity contribution in [3.63, 3.8) is 0 Å². The Labute approximate surface area is 97.1 Å². The van der Waals surface area contributed by atoms with Crippen molar-refractivity contribution in [1.82, 2.24) is 4.98 Å². The molecule has 90 valence electrons. The molecule has 0 aliphatic heterocycles. The molecule has 1 aromatic heterocycles. The van der Waals surface area contributed by atoms with Crippen LogP contribution in [0.2, 0.25) is 0 Å². The molecule has 0 aliphatic rings. The Kier molecular flexibility index (Phi) is 4.55. The second-order valence-electron chi connectivity index (χ2n) is 3.95. The molecule has 0 aromatic carbocycles. The van der Waals surface area contributed by atoms with Gasteiger partial charge in [-0.1, -0.05) is 13.8 Å². The van der Waals surface area contributed by atoms with E-state index in [4.69, 9.17) is 0 Å². The number of aromatic nitrogens is 1. The predicted octanol–water partition coefficient (Wildman–Crippen LogP) is 2.09. The first kappa shape index (κ1) is 12.8. The Hall–Kier alpha value is -1.29. The highest BCUT2D eigenvalue weighted by Gasteiger charge is 2.24. The molecule has 0 amide bonds. The van der Waals surface area contributed by atoms with E-state index in [2.05, 4.69) is 29.5 Å². The summed E-state index contributed by atoms with van der Waals surface area (Å²) in [5.74, 6) is 0.823. The fourth-order valence-corrected chi connectivity index (χ4v) is 1.64. The zero-order valence-corrected chi connectivity index (χ0v) is 10.2. The minimum absolute atomic E-state index is 0.136. The SMILES string of the molecule is CCC(CC)(CO)Nc1ccnc(NC)c1. The molecule has 16 heavy (non-hydrogen) atoms. The number of aliphatic hydroxyl groups is 1. The molecular formula is C12H21N3O. The predicted molar refractivity (Wildman–Crippen MR) is 67.8 cm³/mol. The van der Waals surface area contributed by atoms with Crippen LogP contribution in [0.25, 0.3) is 0 Å². The lowest BCUT2D eigenvalue weighted by atomic mass is 9.93. The molecule has 0 aliphatic carbocycles. The summed E-state index contributed by atoms with van der Waals surface area (Å²) < 4.78 is 0. The molecule has 0 bridgehead atoms. The Balaban J connectivity index is 2.84. The Morgan fingerprint density at radius 3 is 2.56 bits per heavy atom. The number of nitrogens with one attached hydrogen (secondary N) is 2. The highest BCUT2D eigenvalue weighted by molar-refractivity contribution is 5.53. The molecular weight excluding hydrogens is 202 g/mol. The highest BCUT2D eigenvalue weighted by Crippen LogP contribution is 2.22. The normalized spacial score (nSPS) is 11.2. The van der Waals surface area contributed by atoms with Crippen LogP contribution in [0.5, 0.6) is 0 Å². The maximum absolute atomic E-state index is 9.47. The average molecular weight is 223 g/mol. The van der Waals surface area contributed by atoms with Crippen molar-refractivity contribution in [2.75, 3.05) is 24.3 Å². The van der Waals surface area contributed by atoms with Gasteiger partial charge in [0.05, 0.1) is 12.1 Å². The Morgan fingerprint density at radius 1 is 1.38 bits per heavy atom. The monoisotopic (exact) mass is 223 g/mol. The molecule has 3 N–H and O–H groups in total. The van der Waals surface area contributed by atoms with Gasteiger partial charge >= 0.3 is 0 Å². The van der Waals surface area contributed by atoms with Gasteiger partial charge in [-0.05, 0) is 18.9 Å². The molecule has 0 saturated heterocycles. The molecule has 0 spiro atoms. The van der Waals surface area contributed by atoms with Crippen LogP contribution in [-0.2, 0) is 0 Å². The lowest BCUT2D eigenvalue weighted by Crippen LogP contribution is -2.40. The van der Waals surface area contributed by atoms with E-state index >= 15 is 0 Å². The first-order valence-corrected chi connectivity index (χ1v) is 5.72. The third-order valence-electron chi connectivity index (χ3n) is 3.08. The van der Waals surface area contributed by atoms with Gasteiger partial charge in [-0.15, -0.1) is 0 Å². The van der Waals surface area contributed by atoms with Crippen LogP contribution in [0, 0.1) is 0 Å². The zero-order valence-electron chi connectivity index (χ0n) is 10.2. The maximum Gasteiger partial charge on any atom is 0.127 e. The van der Waals surface area contributed by atoms with Gasteiger partial charge < -0.3 is 15.7 Å². The van der Waals surface area contributed by atoms with Crippen molar-refractivity contribution < 1.29 is 5.11 Å². The summed E-state index contributed by atoms with van der Waals surface area (Å²) in [5, 5.41) is 15.9. The van der Waals surface area contributed by atoms with Gasteiger partial charge in [-0.3, -0.25) is 0 Å². The Bertz CT molecular complexity index is 316. The summed E-state index contributed by atoms with van der Waals surface area (Å²) in [7, 11) is 1.84. The standard InChI is InChI=1S/C12H21N3O/c1-4-12(5-2,9-16)15-10-6-7-14-11(8-10)13-3/h6-8,16H,4-5,9H2,1-3H3,(H2,13,14,15). The first-order chi connectivity index (χ1) is 7.69. The average Bonchev–Trinajstić information content (AvgIpc) is 2.36. The van der Waals surface area contributed by atoms with Crippen LogP contribution in [0.15, 0.2) is 18.3 Å². The summed E-state index contributed by atoms with van der Waals surface area (Å²) >= 11 is 0. The van der Waals surface area contributed by atoms with E-state index in [1.807, 2.05) is 19.2 Å². The van der Waals surface area contributed by atoms with Crippen LogP contribution in [-0.4, -0.2) is 29.3 Å². The fraction of sp³-hybridized carbons (Fsp3) is 0.583. The molecule has 4 heteroatoms. The van der Waals surface area contributed by atoms with Crippen molar-refractivity contribution in [3.05, 3.63) is 18.3 Å². The van der Waals surface area contributed by atoms with Crippen LogP contribution in [0.4, 0.5) is 11.5 Å². The van der Waals surface area contributed by atoms with E-state index in [0.29, 0.717) is 0 Å². The van der Waals surface area contributed by atoms with Gasteiger partial charge in [0.2, 0.25) is 0 Å². The summed E-state index contributed by atoms with van der Waals surface area (Å²) in [6.45, 7) is 4.29. The maximum atomic E-state index is 9.47. The molecule has 0 radical (unpaired) electrons. The summed E-state index contributed by atoms with van der Waals surface area (Å²) in [4.78, 5) is 4.15. The molecule has 1 heterocycles. The number of aliphatic hydroxyl groups excluding tert-OH is 1. The molecule has 0 unspecified atom stereocenters. The van der Waals surface area contributed by atoms with Gasteiger partial charge in [-0.25, -0.2) is 4.98 Å². The van der Waals surface area contributed by atoms with Crippen molar-refractivity contribution in [2.24, 2.45) is 0 Å². The van der Waals surface area contributed by atoms with E-state index < -0.39 is 0 Å². The topological polar surface area (TPSA) is 57.2 Å². The lowest BCUT2D eigenvalue weighted by molar-refractivity contribution is 0.202. The third-order valence-corrected chi connectivity index (χ3v) is 3.08. The number of rotatable bonds is 6. The minimum Gasteiger partial charge on any atom is -0.394 e. The van der Waals surface area contributed by atoms with Gasteiger partial charge in [-0.2, -0.15) is 0 Å². The smallest absolute Gasteiger partial charge is 0.127 e. The van der Waals surface area contributed by atoms with E-state index in [-0.39, 0.29) is 12.1 Å². The van der Waals surface area contributed by atoms with Crippen LogP contribution >= 0.6 is 0 Å². The third kappa shape index (κ3) is 2.85. The largest absolute Gasteiger partial charge is 0.394 e. The molecule has 0 atom stereocenters. The number of nitrogens with zero attached hydrogens (tertiary/aromatic N) is 1. The van der Waals surface area contributed by atoms with Gasteiger partial charge in [0.15, 0.2) is 0 Å². The molecule has 1 aromatic rings. The molecule has 0 saturated carbocycles. The minimum atomic E-state index is -0.230. The zero-order chi connectivity index (χ0) is 12.0. The van der Waals surface area contributed by atoms with Gasteiger partial charge in [0, 0.05) is 25.0 Å². The lowest BCUT2D eigenvalue weighted by Gasteiger charge is -2.32. The van der Waals surface area contributed by atoms with Gasteiger partial charge in [0.1, 0.15) is 5.82 Å². The Morgan fingerprint density at radius 2 is 2.06 bits per heavy atom. The van der Waals surface area contributed by atoms with Gasteiger partial charge in [0.25, 0.3) is 0 Å². The molecule has 1 rings (SSSR count). The summed E-state index contributed by atoms with van der Waals surface area (Å²) in [5.41, 5.74) is 0.754. The number of hydrogen-bond donors (Lipinski definition) is 3. The van der Waals surface area contributed by atoms with Crippen molar-refractivity contribution >= 4 is 11.5 Å². The number of hydrogen-bond acceptors (Lipinski definition) is 4. The van der Waals surface area contributed by atoms with Crippen LogP contribution in [0.3, 0.4) is 0 Å². The van der Waals surface area contributed by atoms with Crippen molar-refractivity contribution in [3.8, 4) is 0 Å². The molecule has 0 fully saturated rings.